The minimum atomic E-state index is -0.692. The molecule has 1 N–H and O–H groups in total. The number of methoxy groups -OCH3 is 2. The fraction of sp³-hybridized carbons (Fsp3) is 0.333. The van der Waals surface area contributed by atoms with Gasteiger partial charge in [0.1, 0.15) is 18.5 Å². The van der Waals surface area contributed by atoms with Crippen molar-refractivity contribution in [3.63, 3.8) is 0 Å². The summed E-state index contributed by atoms with van der Waals surface area (Å²) in [5, 5.41) is 11.0. The van der Waals surface area contributed by atoms with Crippen molar-refractivity contribution in [3.8, 4) is 5.75 Å². The molecule has 4 aromatic carbocycles. The van der Waals surface area contributed by atoms with Crippen molar-refractivity contribution in [2.24, 2.45) is 0 Å². The van der Waals surface area contributed by atoms with Gasteiger partial charge in [0.15, 0.2) is 0 Å². The summed E-state index contributed by atoms with van der Waals surface area (Å²) >= 11 is 0. The third kappa shape index (κ3) is 10.1. The van der Waals surface area contributed by atoms with Crippen LogP contribution in [0, 0.1) is 0 Å². The van der Waals surface area contributed by atoms with E-state index in [2.05, 4.69) is 41.3 Å². The standard InChI is InChI=1S/C39H47N3O6/c1-5-41(38(44)46-3)33-21-17-31(18-22-33)37(32-19-23-34(24-20-32)42(6-2)39(45)47-4)25-26-40(27-30-13-9-7-10-14-30)28-35(43)29-48-36-15-11-8-12-16-36/h7-24,35,37,43H,5-6,25-29H2,1-4H3/t35-/m0/s1. The van der Waals surface area contributed by atoms with Crippen LogP contribution in [0.3, 0.4) is 0 Å². The highest BCUT2D eigenvalue weighted by Gasteiger charge is 2.21. The van der Waals surface area contributed by atoms with Crippen LogP contribution in [0.5, 0.6) is 5.75 Å². The van der Waals surface area contributed by atoms with E-state index in [9.17, 15) is 14.7 Å². The quantitative estimate of drug-likeness (QED) is 0.135. The van der Waals surface area contributed by atoms with Gasteiger partial charge < -0.3 is 19.3 Å². The van der Waals surface area contributed by atoms with Crippen LogP contribution in [0.25, 0.3) is 0 Å². The van der Waals surface area contributed by atoms with Gasteiger partial charge in [-0.05, 0) is 79.9 Å². The highest BCUT2D eigenvalue weighted by molar-refractivity contribution is 5.88. The molecule has 0 fully saturated rings. The van der Waals surface area contributed by atoms with E-state index in [4.69, 9.17) is 14.2 Å². The minimum absolute atomic E-state index is 0.00880. The molecule has 0 aliphatic rings. The first-order chi connectivity index (χ1) is 23.4. The summed E-state index contributed by atoms with van der Waals surface area (Å²) < 4.78 is 15.8. The van der Waals surface area contributed by atoms with Crippen molar-refractivity contribution < 1.29 is 28.9 Å². The topological polar surface area (TPSA) is 91.8 Å². The molecule has 9 nitrogen and oxygen atoms in total. The number of ether oxygens (including phenoxy) is 3. The Kier molecular flexibility index (Phi) is 13.8. The maximum absolute atomic E-state index is 12.3. The molecule has 0 spiro atoms. The molecule has 0 radical (unpaired) electrons. The van der Waals surface area contributed by atoms with Gasteiger partial charge >= 0.3 is 12.2 Å². The summed E-state index contributed by atoms with van der Waals surface area (Å²) in [7, 11) is 2.76. The fourth-order valence-corrected chi connectivity index (χ4v) is 5.80. The van der Waals surface area contributed by atoms with E-state index >= 15 is 0 Å². The molecule has 4 aromatic rings. The molecule has 48 heavy (non-hydrogen) atoms. The maximum Gasteiger partial charge on any atom is 0.413 e. The number of para-hydroxylation sites is 1. The summed E-state index contributed by atoms with van der Waals surface area (Å²) in [5.41, 5.74) is 4.83. The Morgan fingerprint density at radius 3 is 1.62 bits per heavy atom. The summed E-state index contributed by atoms with van der Waals surface area (Å²) in [6, 6.07) is 35.7. The first-order valence-electron chi connectivity index (χ1n) is 16.4. The molecule has 1 atom stereocenters. The van der Waals surface area contributed by atoms with Gasteiger partial charge in [-0.2, -0.15) is 0 Å². The van der Waals surface area contributed by atoms with E-state index in [0.717, 1.165) is 40.2 Å². The van der Waals surface area contributed by atoms with E-state index in [0.29, 0.717) is 32.7 Å². The predicted molar refractivity (Wildman–Crippen MR) is 190 cm³/mol. The Morgan fingerprint density at radius 1 is 0.688 bits per heavy atom. The molecule has 0 saturated carbocycles. The number of hydrogen-bond acceptors (Lipinski definition) is 7. The van der Waals surface area contributed by atoms with E-state index < -0.39 is 18.3 Å². The van der Waals surface area contributed by atoms with Gasteiger partial charge in [0.05, 0.1) is 14.2 Å². The van der Waals surface area contributed by atoms with Crippen LogP contribution in [0.1, 0.15) is 42.9 Å². The zero-order valence-corrected chi connectivity index (χ0v) is 28.3. The van der Waals surface area contributed by atoms with Crippen molar-refractivity contribution in [2.45, 2.75) is 38.8 Å². The van der Waals surface area contributed by atoms with E-state index in [1.54, 1.807) is 9.80 Å². The SMILES string of the molecule is CCN(C(=O)OC)c1ccc(C(CCN(Cc2ccccc2)C[C@H](O)COc2ccccc2)c2ccc(N(CC)C(=O)OC)cc2)cc1. The lowest BCUT2D eigenvalue weighted by Gasteiger charge is -2.28. The first kappa shape index (κ1) is 36.0. The third-order valence-electron chi connectivity index (χ3n) is 8.27. The van der Waals surface area contributed by atoms with Gasteiger partial charge in [-0.25, -0.2) is 9.59 Å². The van der Waals surface area contributed by atoms with E-state index in [1.807, 2.05) is 86.6 Å². The Hall–Kier alpha value is -4.86. The Balaban J connectivity index is 1.59. The smallest absolute Gasteiger partial charge is 0.413 e. The van der Waals surface area contributed by atoms with Gasteiger partial charge in [-0.1, -0.05) is 72.8 Å². The van der Waals surface area contributed by atoms with Crippen molar-refractivity contribution >= 4 is 23.6 Å². The molecule has 0 unspecified atom stereocenters. The van der Waals surface area contributed by atoms with Crippen LogP contribution < -0.4 is 14.5 Å². The molecular formula is C39H47N3O6. The Labute approximate surface area is 284 Å². The number of amides is 2. The zero-order chi connectivity index (χ0) is 34.3. The van der Waals surface area contributed by atoms with Gasteiger partial charge in [0.25, 0.3) is 0 Å². The molecule has 0 heterocycles. The lowest BCUT2D eigenvalue weighted by atomic mass is 9.88. The summed E-state index contributed by atoms with van der Waals surface area (Å²) in [6.07, 6.45) is -0.756. The molecule has 0 saturated heterocycles. The average Bonchev–Trinajstić information content (AvgIpc) is 3.13. The molecule has 0 bridgehead atoms. The number of anilines is 2. The van der Waals surface area contributed by atoms with Gasteiger partial charge in [0.2, 0.25) is 0 Å². The maximum atomic E-state index is 12.3. The Bertz CT molecular complexity index is 1470. The van der Waals surface area contributed by atoms with Crippen molar-refractivity contribution in [1.29, 1.82) is 0 Å². The lowest BCUT2D eigenvalue weighted by Crippen LogP contribution is -2.36. The number of benzene rings is 4. The Morgan fingerprint density at radius 2 is 1.17 bits per heavy atom. The monoisotopic (exact) mass is 653 g/mol. The minimum Gasteiger partial charge on any atom is -0.491 e. The van der Waals surface area contributed by atoms with Crippen molar-refractivity contribution in [1.82, 2.24) is 4.90 Å². The molecule has 254 valence electrons. The third-order valence-corrected chi connectivity index (χ3v) is 8.27. The van der Waals surface area contributed by atoms with E-state index in [1.165, 1.54) is 14.2 Å². The molecule has 0 aliphatic carbocycles. The van der Waals surface area contributed by atoms with Gasteiger partial charge in [-0.15, -0.1) is 0 Å². The number of nitrogens with zero attached hydrogens (tertiary/aromatic N) is 3. The number of hydrogen-bond donors (Lipinski definition) is 1. The van der Waals surface area contributed by atoms with Crippen LogP contribution in [0.2, 0.25) is 0 Å². The number of aliphatic hydroxyl groups is 1. The highest BCUT2D eigenvalue weighted by Crippen LogP contribution is 2.32. The van der Waals surface area contributed by atoms with Crippen LogP contribution in [-0.2, 0) is 16.0 Å². The number of carbonyl (C=O) groups is 2. The first-order valence-corrected chi connectivity index (χ1v) is 16.4. The second-order valence-electron chi connectivity index (χ2n) is 11.5. The highest BCUT2D eigenvalue weighted by atomic mass is 16.5. The number of aliphatic hydroxyl groups excluding tert-OH is 1. The average molecular weight is 654 g/mol. The van der Waals surface area contributed by atoms with Crippen molar-refractivity contribution in [2.75, 3.05) is 56.8 Å². The van der Waals surface area contributed by atoms with Crippen LogP contribution in [0.4, 0.5) is 21.0 Å². The van der Waals surface area contributed by atoms with E-state index in [-0.39, 0.29) is 12.5 Å². The zero-order valence-electron chi connectivity index (χ0n) is 28.3. The second-order valence-corrected chi connectivity index (χ2v) is 11.5. The molecule has 2 amide bonds. The van der Waals surface area contributed by atoms with Gasteiger partial charge in [-0.3, -0.25) is 14.7 Å². The van der Waals surface area contributed by atoms with Gasteiger partial charge in [0, 0.05) is 43.5 Å². The molecule has 9 heteroatoms. The summed E-state index contributed by atoms with van der Waals surface area (Å²) in [5.74, 6) is 0.714. The molecule has 4 rings (SSSR count). The second kappa shape index (κ2) is 18.5. The van der Waals surface area contributed by atoms with Crippen LogP contribution in [-0.4, -0.2) is 75.3 Å². The molecule has 0 aromatic heterocycles. The molecule has 0 aliphatic heterocycles. The summed E-state index contributed by atoms with van der Waals surface area (Å²) in [4.78, 5) is 30.1. The normalized spacial score (nSPS) is 11.6. The number of carbonyl (C=O) groups excluding carboxylic acids is 2. The van der Waals surface area contributed by atoms with Crippen LogP contribution in [0.15, 0.2) is 109 Å². The largest absolute Gasteiger partial charge is 0.491 e. The predicted octanol–water partition coefficient (Wildman–Crippen LogP) is 7.34. The lowest BCUT2D eigenvalue weighted by molar-refractivity contribution is 0.0647. The fourth-order valence-electron chi connectivity index (χ4n) is 5.80. The number of rotatable bonds is 16. The molecular weight excluding hydrogens is 606 g/mol. The van der Waals surface area contributed by atoms with Crippen LogP contribution >= 0.6 is 0 Å². The van der Waals surface area contributed by atoms with Crippen molar-refractivity contribution in [3.05, 3.63) is 126 Å². The summed E-state index contributed by atoms with van der Waals surface area (Å²) in [6.45, 7) is 6.76.